The van der Waals surface area contributed by atoms with Crippen molar-refractivity contribution in [1.29, 1.82) is 0 Å². The van der Waals surface area contributed by atoms with Gasteiger partial charge >= 0.3 is 0 Å². The zero-order chi connectivity index (χ0) is 14.9. The van der Waals surface area contributed by atoms with Gasteiger partial charge in [0.1, 0.15) is 0 Å². The molecule has 0 aromatic carbocycles. The van der Waals surface area contributed by atoms with Crippen molar-refractivity contribution in [3.63, 3.8) is 0 Å². The molecule has 2 rings (SSSR count). The van der Waals surface area contributed by atoms with Gasteiger partial charge in [0.2, 0.25) is 11.8 Å². The number of imide groups is 1. The smallest absolute Gasteiger partial charge is 0.230 e. The van der Waals surface area contributed by atoms with Crippen molar-refractivity contribution < 1.29 is 9.59 Å². The van der Waals surface area contributed by atoms with Crippen LogP contribution in [-0.2, 0) is 9.59 Å². The fourth-order valence-corrected chi connectivity index (χ4v) is 4.71. The second kappa shape index (κ2) is 5.87. The van der Waals surface area contributed by atoms with Crippen LogP contribution in [0.25, 0.3) is 0 Å². The minimum atomic E-state index is -0.0733. The Labute approximate surface area is 122 Å². The van der Waals surface area contributed by atoms with Crippen molar-refractivity contribution in [2.75, 3.05) is 0 Å². The second-order valence-electron chi connectivity index (χ2n) is 7.60. The van der Waals surface area contributed by atoms with Gasteiger partial charge in [0, 0.05) is 12.3 Å². The summed E-state index contributed by atoms with van der Waals surface area (Å²) >= 11 is 0. The lowest BCUT2D eigenvalue weighted by molar-refractivity contribution is -0.151. The molecule has 1 saturated carbocycles. The molecule has 1 heterocycles. The van der Waals surface area contributed by atoms with Gasteiger partial charge in [-0.05, 0) is 42.4 Å². The largest absolute Gasteiger partial charge is 0.296 e. The molecule has 1 spiro atoms. The summed E-state index contributed by atoms with van der Waals surface area (Å²) in [5.74, 6) is 1.50. The van der Waals surface area contributed by atoms with E-state index in [9.17, 15) is 9.59 Å². The van der Waals surface area contributed by atoms with Crippen LogP contribution < -0.4 is 5.32 Å². The lowest BCUT2D eigenvalue weighted by Gasteiger charge is -2.52. The zero-order valence-corrected chi connectivity index (χ0v) is 13.4. The third-order valence-electron chi connectivity index (χ3n) is 5.42. The molecule has 20 heavy (non-hydrogen) atoms. The molecule has 3 heteroatoms. The van der Waals surface area contributed by atoms with Gasteiger partial charge in [-0.15, -0.1) is 0 Å². The van der Waals surface area contributed by atoms with Crippen LogP contribution in [0.2, 0.25) is 0 Å². The van der Waals surface area contributed by atoms with E-state index < -0.39 is 0 Å². The van der Waals surface area contributed by atoms with Gasteiger partial charge in [0.25, 0.3) is 0 Å². The lowest BCUT2D eigenvalue weighted by Crippen LogP contribution is -2.57. The Morgan fingerprint density at radius 2 is 1.90 bits per heavy atom. The standard InChI is InChI=1S/C17H29NO2/c1-11(2)9-14-16(20)18-15(19)10-17(14)8-6-5-7-13(17)12(3)4/h11-14H,5-10H2,1-4H3,(H,18,19,20). The molecule has 0 radical (unpaired) electrons. The molecule has 1 N–H and O–H groups in total. The fourth-order valence-electron chi connectivity index (χ4n) is 4.71. The highest BCUT2D eigenvalue weighted by Gasteiger charge is 2.53. The average molecular weight is 279 g/mol. The van der Waals surface area contributed by atoms with Gasteiger partial charge in [-0.1, -0.05) is 40.5 Å². The third kappa shape index (κ3) is 2.77. The number of carbonyl (C=O) groups excluding carboxylic acids is 2. The second-order valence-corrected chi connectivity index (χ2v) is 7.60. The highest BCUT2D eigenvalue weighted by molar-refractivity contribution is 5.99. The molecule has 2 fully saturated rings. The van der Waals surface area contributed by atoms with E-state index in [1.54, 1.807) is 0 Å². The molecule has 0 bridgehead atoms. The van der Waals surface area contributed by atoms with E-state index >= 15 is 0 Å². The molecule has 3 unspecified atom stereocenters. The molecule has 1 aliphatic heterocycles. The Bertz CT molecular complexity index is 388. The van der Waals surface area contributed by atoms with E-state index in [1.165, 1.54) is 19.3 Å². The van der Waals surface area contributed by atoms with E-state index in [0.717, 1.165) is 12.8 Å². The maximum atomic E-state index is 12.4. The molecule has 1 aliphatic carbocycles. The normalized spacial score (nSPS) is 34.9. The lowest BCUT2D eigenvalue weighted by atomic mass is 9.53. The molecule has 3 atom stereocenters. The van der Waals surface area contributed by atoms with Crippen LogP contribution in [0.1, 0.15) is 66.2 Å². The Hall–Kier alpha value is -0.860. The first-order chi connectivity index (χ1) is 9.36. The van der Waals surface area contributed by atoms with Gasteiger partial charge in [-0.25, -0.2) is 0 Å². The minimum absolute atomic E-state index is 0.0116. The highest BCUT2D eigenvalue weighted by atomic mass is 16.2. The monoisotopic (exact) mass is 279 g/mol. The van der Waals surface area contributed by atoms with Crippen molar-refractivity contribution in [2.24, 2.45) is 29.1 Å². The van der Waals surface area contributed by atoms with Gasteiger partial charge < -0.3 is 0 Å². The highest BCUT2D eigenvalue weighted by Crippen LogP contribution is 2.55. The van der Waals surface area contributed by atoms with Crippen LogP contribution in [0.4, 0.5) is 0 Å². The Balaban J connectivity index is 2.38. The first-order valence-electron chi connectivity index (χ1n) is 8.20. The average Bonchev–Trinajstić information content (AvgIpc) is 2.34. The molecule has 1 saturated heterocycles. The van der Waals surface area contributed by atoms with E-state index in [4.69, 9.17) is 0 Å². The number of hydrogen-bond acceptors (Lipinski definition) is 2. The quantitative estimate of drug-likeness (QED) is 0.803. The SMILES string of the molecule is CC(C)CC1C(=O)NC(=O)CC12CCCCC2C(C)C. The van der Waals surface area contributed by atoms with Gasteiger partial charge in [-0.3, -0.25) is 14.9 Å². The summed E-state index contributed by atoms with van der Waals surface area (Å²) in [6, 6.07) is 0. The molecule has 0 aromatic heterocycles. The van der Waals surface area contributed by atoms with Crippen LogP contribution in [0.15, 0.2) is 0 Å². The first-order valence-corrected chi connectivity index (χ1v) is 8.20. The summed E-state index contributed by atoms with van der Waals surface area (Å²) in [6.07, 6.45) is 6.09. The topological polar surface area (TPSA) is 46.2 Å². The number of piperidine rings is 1. The van der Waals surface area contributed by atoms with Crippen LogP contribution in [-0.4, -0.2) is 11.8 Å². The molecule has 2 amide bonds. The van der Waals surface area contributed by atoms with E-state index in [2.05, 4.69) is 33.0 Å². The van der Waals surface area contributed by atoms with Crippen molar-refractivity contribution in [1.82, 2.24) is 5.32 Å². The fraction of sp³-hybridized carbons (Fsp3) is 0.882. The number of amides is 2. The summed E-state index contributed by atoms with van der Waals surface area (Å²) < 4.78 is 0. The summed E-state index contributed by atoms with van der Waals surface area (Å²) in [7, 11) is 0. The van der Waals surface area contributed by atoms with Crippen LogP contribution in [0, 0.1) is 29.1 Å². The van der Waals surface area contributed by atoms with Gasteiger partial charge in [0.05, 0.1) is 0 Å². The molecule has 114 valence electrons. The van der Waals surface area contributed by atoms with Gasteiger partial charge in [-0.2, -0.15) is 0 Å². The van der Waals surface area contributed by atoms with Crippen LogP contribution >= 0.6 is 0 Å². The molecule has 3 nitrogen and oxygen atoms in total. The summed E-state index contributed by atoms with van der Waals surface area (Å²) in [5.41, 5.74) is -0.0733. The first kappa shape index (κ1) is 15.5. The Kier molecular flexibility index (Phi) is 4.55. The Morgan fingerprint density at radius 3 is 2.50 bits per heavy atom. The third-order valence-corrected chi connectivity index (χ3v) is 5.42. The maximum absolute atomic E-state index is 12.4. The summed E-state index contributed by atoms with van der Waals surface area (Å²) in [5, 5.41) is 2.59. The predicted octanol–water partition coefficient (Wildman–Crippen LogP) is 3.53. The minimum Gasteiger partial charge on any atom is -0.296 e. The number of hydrogen-bond donors (Lipinski definition) is 1. The number of nitrogens with one attached hydrogen (secondary N) is 1. The van der Waals surface area contributed by atoms with E-state index in [1.807, 2.05) is 0 Å². The van der Waals surface area contributed by atoms with Crippen LogP contribution in [0.3, 0.4) is 0 Å². The van der Waals surface area contributed by atoms with Crippen molar-refractivity contribution >= 4 is 11.8 Å². The summed E-state index contributed by atoms with van der Waals surface area (Å²) in [6.45, 7) is 8.84. The van der Waals surface area contributed by atoms with Crippen molar-refractivity contribution in [3.05, 3.63) is 0 Å². The molecule has 2 aliphatic rings. The molecular weight excluding hydrogens is 250 g/mol. The Morgan fingerprint density at radius 1 is 1.20 bits per heavy atom. The maximum Gasteiger partial charge on any atom is 0.230 e. The van der Waals surface area contributed by atoms with Gasteiger partial charge in [0.15, 0.2) is 0 Å². The van der Waals surface area contributed by atoms with Crippen molar-refractivity contribution in [3.8, 4) is 0 Å². The zero-order valence-electron chi connectivity index (χ0n) is 13.4. The molecular formula is C17H29NO2. The number of carbonyl (C=O) groups is 2. The summed E-state index contributed by atoms with van der Waals surface area (Å²) in [4.78, 5) is 24.5. The number of rotatable bonds is 3. The van der Waals surface area contributed by atoms with Crippen LogP contribution in [0.5, 0.6) is 0 Å². The molecule has 0 aromatic rings. The van der Waals surface area contributed by atoms with E-state index in [0.29, 0.717) is 24.2 Å². The predicted molar refractivity (Wildman–Crippen MR) is 79.9 cm³/mol. The van der Waals surface area contributed by atoms with E-state index in [-0.39, 0.29) is 23.1 Å². The van der Waals surface area contributed by atoms with Crippen molar-refractivity contribution in [2.45, 2.75) is 66.2 Å².